The third-order valence-corrected chi connectivity index (χ3v) is 4.78. The van der Waals surface area contributed by atoms with Crippen LogP contribution >= 0.6 is 0 Å². The molecular weight excluding hydrogens is 290 g/mol. The molecule has 1 amide bonds. The van der Waals surface area contributed by atoms with E-state index in [0.717, 1.165) is 19.4 Å². The molecule has 2 rings (SSSR count). The van der Waals surface area contributed by atoms with Crippen LogP contribution in [0.1, 0.15) is 19.8 Å². The van der Waals surface area contributed by atoms with Crippen LogP contribution in [0.2, 0.25) is 0 Å². The number of hydrogen-bond donors (Lipinski definition) is 3. The zero-order valence-electron chi connectivity index (χ0n) is 12.1. The summed E-state index contributed by atoms with van der Waals surface area (Å²) in [7, 11) is -3.27. The van der Waals surface area contributed by atoms with Crippen molar-refractivity contribution >= 4 is 27.3 Å². The summed E-state index contributed by atoms with van der Waals surface area (Å²) in [5.41, 5.74) is 1.17. The average molecular weight is 311 g/mol. The van der Waals surface area contributed by atoms with Gasteiger partial charge in [-0.15, -0.1) is 0 Å². The zero-order valence-corrected chi connectivity index (χ0v) is 12.9. The second-order valence-electron chi connectivity index (χ2n) is 5.12. The number of piperidine rings is 1. The molecule has 116 valence electrons. The Kier molecular flexibility index (Phi) is 5.19. The summed E-state index contributed by atoms with van der Waals surface area (Å²) in [6.07, 6.45) is 1.91. The van der Waals surface area contributed by atoms with E-state index in [1.165, 1.54) is 0 Å². The molecule has 1 saturated heterocycles. The fourth-order valence-electron chi connectivity index (χ4n) is 2.19. The molecule has 0 radical (unpaired) electrons. The van der Waals surface area contributed by atoms with E-state index in [1.54, 1.807) is 31.2 Å². The van der Waals surface area contributed by atoms with Crippen molar-refractivity contribution in [1.82, 2.24) is 5.32 Å². The Balaban J connectivity index is 1.94. The van der Waals surface area contributed by atoms with E-state index in [0.29, 0.717) is 17.9 Å². The monoisotopic (exact) mass is 311 g/mol. The first-order valence-corrected chi connectivity index (χ1v) is 8.77. The van der Waals surface area contributed by atoms with Crippen LogP contribution < -0.4 is 15.4 Å². The van der Waals surface area contributed by atoms with E-state index < -0.39 is 10.0 Å². The Morgan fingerprint density at radius 2 is 1.95 bits per heavy atom. The summed E-state index contributed by atoms with van der Waals surface area (Å²) >= 11 is 0. The summed E-state index contributed by atoms with van der Waals surface area (Å²) in [6, 6.07) is 6.67. The van der Waals surface area contributed by atoms with Crippen molar-refractivity contribution < 1.29 is 13.2 Å². The minimum atomic E-state index is -3.27. The molecule has 3 N–H and O–H groups in total. The first-order chi connectivity index (χ1) is 10.00. The van der Waals surface area contributed by atoms with Crippen LogP contribution in [0, 0.1) is 5.92 Å². The molecule has 1 aliphatic rings. The topological polar surface area (TPSA) is 87.3 Å². The van der Waals surface area contributed by atoms with Gasteiger partial charge >= 0.3 is 0 Å². The molecule has 1 heterocycles. The third-order valence-electron chi connectivity index (χ3n) is 3.47. The highest BCUT2D eigenvalue weighted by Crippen LogP contribution is 2.17. The van der Waals surface area contributed by atoms with Crippen LogP contribution in [0.15, 0.2) is 24.3 Å². The van der Waals surface area contributed by atoms with Gasteiger partial charge in [0.1, 0.15) is 0 Å². The molecule has 1 aliphatic heterocycles. The van der Waals surface area contributed by atoms with Gasteiger partial charge in [0.2, 0.25) is 15.9 Å². The van der Waals surface area contributed by atoms with Gasteiger partial charge < -0.3 is 10.6 Å². The van der Waals surface area contributed by atoms with Gasteiger partial charge in [0.05, 0.1) is 11.7 Å². The maximum atomic E-state index is 12.1. The lowest BCUT2D eigenvalue weighted by atomic mass is 9.99. The molecule has 1 aromatic carbocycles. The number of nitrogens with one attached hydrogen (secondary N) is 3. The molecule has 7 heteroatoms. The number of hydrogen-bond acceptors (Lipinski definition) is 4. The van der Waals surface area contributed by atoms with E-state index in [-0.39, 0.29) is 17.6 Å². The molecule has 0 aliphatic carbocycles. The van der Waals surface area contributed by atoms with Crippen molar-refractivity contribution in [2.75, 3.05) is 28.9 Å². The van der Waals surface area contributed by atoms with Crippen molar-refractivity contribution in [3.8, 4) is 0 Å². The lowest BCUT2D eigenvalue weighted by molar-refractivity contribution is -0.120. The largest absolute Gasteiger partial charge is 0.326 e. The molecular formula is C14H21N3O3S. The van der Waals surface area contributed by atoms with Crippen LogP contribution in [-0.4, -0.2) is 33.2 Å². The van der Waals surface area contributed by atoms with Crippen LogP contribution in [0.25, 0.3) is 0 Å². The summed E-state index contributed by atoms with van der Waals surface area (Å²) in [5, 5.41) is 6.06. The van der Waals surface area contributed by atoms with Crippen molar-refractivity contribution in [3.63, 3.8) is 0 Å². The van der Waals surface area contributed by atoms with E-state index in [2.05, 4.69) is 15.4 Å². The maximum Gasteiger partial charge on any atom is 0.232 e. The zero-order chi connectivity index (χ0) is 15.3. The Morgan fingerprint density at radius 1 is 1.29 bits per heavy atom. The van der Waals surface area contributed by atoms with Crippen LogP contribution in [0.5, 0.6) is 0 Å². The number of carbonyl (C=O) groups is 1. The summed E-state index contributed by atoms with van der Waals surface area (Å²) < 4.78 is 25.4. The lowest BCUT2D eigenvalue weighted by Crippen LogP contribution is -2.37. The molecule has 0 bridgehead atoms. The molecule has 0 unspecified atom stereocenters. The summed E-state index contributed by atoms with van der Waals surface area (Å²) in [5.74, 6) is 0.0290. The predicted octanol–water partition coefficient (Wildman–Crippen LogP) is 1.39. The fourth-order valence-corrected chi connectivity index (χ4v) is 2.83. The normalized spacial score (nSPS) is 19.0. The van der Waals surface area contributed by atoms with Gasteiger partial charge in [0, 0.05) is 17.9 Å². The highest BCUT2D eigenvalue weighted by atomic mass is 32.2. The minimum absolute atomic E-state index is 0.00276. The van der Waals surface area contributed by atoms with E-state index in [1.807, 2.05) is 0 Å². The molecule has 1 atom stereocenters. The molecule has 1 fully saturated rings. The number of benzene rings is 1. The van der Waals surface area contributed by atoms with Crippen molar-refractivity contribution in [2.45, 2.75) is 19.8 Å². The first-order valence-electron chi connectivity index (χ1n) is 7.12. The second kappa shape index (κ2) is 6.91. The molecule has 0 saturated carbocycles. The number of carbonyl (C=O) groups excluding carboxylic acids is 1. The minimum Gasteiger partial charge on any atom is -0.326 e. The second-order valence-corrected chi connectivity index (χ2v) is 7.13. The average Bonchev–Trinajstić information content (AvgIpc) is 2.50. The molecule has 0 spiro atoms. The van der Waals surface area contributed by atoms with Crippen LogP contribution in [-0.2, 0) is 14.8 Å². The van der Waals surface area contributed by atoms with E-state index >= 15 is 0 Å². The first kappa shape index (κ1) is 15.8. The quantitative estimate of drug-likeness (QED) is 0.767. The Morgan fingerprint density at radius 3 is 2.52 bits per heavy atom. The summed E-state index contributed by atoms with van der Waals surface area (Å²) in [6.45, 7) is 3.26. The standard InChI is InChI=1S/C14H21N3O3S/c1-2-21(19,20)17-13-7-5-12(6-8-13)16-14(18)11-4-3-9-15-10-11/h5-8,11,15,17H,2-4,9-10H2,1H3,(H,16,18)/t11-/m0/s1. The van der Waals surface area contributed by atoms with E-state index in [9.17, 15) is 13.2 Å². The lowest BCUT2D eigenvalue weighted by Gasteiger charge is -2.21. The number of amides is 1. The number of anilines is 2. The van der Waals surface area contributed by atoms with Crippen LogP contribution in [0.3, 0.4) is 0 Å². The molecule has 1 aromatic rings. The third kappa shape index (κ3) is 4.71. The van der Waals surface area contributed by atoms with Crippen molar-refractivity contribution in [3.05, 3.63) is 24.3 Å². The van der Waals surface area contributed by atoms with E-state index in [4.69, 9.17) is 0 Å². The van der Waals surface area contributed by atoms with Gasteiger partial charge in [-0.2, -0.15) is 0 Å². The SMILES string of the molecule is CCS(=O)(=O)Nc1ccc(NC(=O)[C@H]2CCCNC2)cc1. The Bertz CT molecular complexity index is 578. The van der Waals surface area contributed by atoms with Gasteiger partial charge in [0.15, 0.2) is 0 Å². The van der Waals surface area contributed by atoms with Crippen molar-refractivity contribution in [2.24, 2.45) is 5.92 Å². The van der Waals surface area contributed by atoms with Crippen molar-refractivity contribution in [1.29, 1.82) is 0 Å². The highest BCUT2D eigenvalue weighted by Gasteiger charge is 2.20. The van der Waals surface area contributed by atoms with Gasteiger partial charge in [0.25, 0.3) is 0 Å². The van der Waals surface area contributed by atoms with Gasteiger partial charge in [-0.3, -0.25) is 9.52 Å². The number of sulfonamides is 1. The maximum absolute atomic E-state index is 12.1. The van der Waals surface area contributed by atoms with Gasteiger partial charge in [-0.05, 0) is 50.6 Å². The number of rotatable bonds is 5. The van der Waals surface area contributed by atoms with Gasteiger partial charge in [-0.25, -0.2) is 8.42 Å². The van der Waals surface area contributed by atoms with Crippen LogP contribution in [0.4, 0.5) is 11.4 Å². The smallest absolute Gasteiger partial charge is 0.232 e. The fraction of sp³-hybridized carbons (Fsp3) is 0.500. The highest BCUT2D eigenvalue weighted by molar-refractivity contribution is 7.92. The summed E-state index contributed by atoms with van der Waals surface area (Å²) in [4.78, 5) is 12.1. The Labute approximate surface area is 125 Å². The van der Waals surface area contributed by atoms with Gasteiger partial charge in [-0.1, -0.05) is 0 Å². The molecule has 21 heavy (non-hydrogen) atoms. The molecule has 0 aromatic heterocycles. The predicted molar refractivity (Wildman–Crippen MR) is 83.7 cm³/mol. The molecule has 6 nitrogen and oxygen atoms in total. The Hall–Kier alpha value is -1.60.